The SMILES string of the molecule is COc1ccc(CNC(=O)c2ccns2)cc1. The largest absolute Gasteiger partial charge is 0.497 e. The lowest BCUT2D eigenvalue weighted by molar-refractivity contribution is 0.0955. The summed E-state index contributed by atoms with van der Waals surface area (Å²) >= 11 is 1.19. The maximum absolute atomic E-state index is 11.6. The van der Waals surface area contributed by atoms with Crippen LogP contribution in [0.2, 0.25) is 0 Å². The van der Waals surface area contributed by atoms with Crippen LogP contribution in [-0.4, -0.2) is 17.4 Å². The van der Waals surface area contributed by atoms with E-state index >= 15 is 0 Å². The lowest BCUT2D eigenvalue weighted by Gasteiger charge is -2.04. The van der Waals surface area contributed by atoms with Gasteiger partial charge in [-0.1, -0.05) is 12.1 Å². The van der Waals surface area contributed by atoms with E-state index in [9.17, 15) is 4.79 Å². The summed E-state index contributed by atoms with van der Waals surface area (Å²) in [5.74, 6) is 0.714. The summed E-state index contributed by atoms with van der Waals surface area (Å²) in [7, 11) is 1.63. The number of amides is 1. The summed E-state index contributed by atoms with van der Waals surface area (Å²) in [6.45, 7) is 0.501. The van der Waals surface area contributed by atoms with Crippen molar-refractivity contribution in [2.45, 2.75) is 6.54 Å². The molecule has 0 unspecified atom stereocenters. The zero-order valence-electron chi connectivity index (χ0n) is 9.34. The van der Waals surface area contributed by atoms with E-state index in [1.165, 1.54) is 11.5 Å². The molecule has 4 nitrogen and oxygen atoms in total. The highest BCUT2D eigenvalue weighted by Gasteiger charge is 2.06. The van der Waals surface area contributed by atoms with Gasteiger partial charge in [0.15, 0.2) is 0 Å². The number of hydrogen-bond acceptors (Lipinski definition) is 4. The standard InChI is InChI=1S/C12H12N2O2S/c1-16-10-4-2-9(3-5-10)8-13-12(15)11-6-7-14-17-11/h2-7H,8H2,1H3,(H,13,15). The molecule has 0 bridgehead atoms. The van der Waals surface area contributed by atoms with Crippen LogP contribution >= 0.6 is 11.5 Å². The van der Waals surface area contributed by atoms with E-state index in [4.69, 9.17) is 4.74 Å². The van der Waals surface area contributed by atoms with Crippen molar-refractivity contribution in [2.24, 2.45) is 0 Å². The molecule has 0 spiro atoms. The smallest absolute Gasteiger partial charge is 0.263 e. The molecule has 0 radical (unpaired) electrons. The molecular formula is C12H12N2O2S. The van der Waals surface area contributed by atoms with E-state index in [1.807, 2.05) is 24.3 Å². The molecule has 1 aromatic carbocycles. The van der Waals surface area contributed by atoms with E-state index in [2.05, 4.69) is 9.69 Å². The maximum atomic E-state index is 11.6. The molecular weight excluding hydrogens is 236 g/mol. The number of carbonyl (C=O) groups excluding carboxylic acids is 1. The molecule has 0 atom stereocenters. The topological polar surface area (TPSA) is 51.2 Å². The Kier molecular flexibility index (Phi) is 3.72. The van der Waals surface area contributed by atoms with Crippen LogP contribution in [0.3, 0.4) is 0 Å². The molecule has 2 rings (SSSR count). The Labute approximate surface area is 103 Å². The van der Waals surface area contributed by atoms with E-state index in [0.717, 1.165) is 11.3 Å². The molecule has 1 N–H and O–H groups in total. The summed E-state index contributed by atoms with van der Waals surface area (Å²) < 4.78 is 8.94. The monoisotopic (exact) mass is 248 g/mol. The molecule has 2 aromatic rings. The van der Waals surface area contributed by atoms with E-state index < -0.39 is 0 Å². The highest BCUT2D eigenvalue weighted by molar-refractivity contribution is 7.08. The number of methoxy groups -OCH3 is 1. The van der Waals surface area contributed by atoms with Crippen molar-refractivity contribution < 1.29 is 9.53 Å². The lowest BCUT2D eigenvalue weighted by atomic mass is 10.2. The molecule has 17 heavy (non-hydrogen) atoms. The molecule has 0 aliphatic carbocycles. The highest BCUT2D eigenvalue weighted by atomic mass is 32.1. The fraction of sp³-hybridized carbons (Fsp3) is 0.167. The van der Waals surface area contributed by atoms with Crippen LogP contribution in [0.5, 0.6) is 5.75 Å². The fourth-order valence-corrected chi connectivity index (χ4v) is 1.86. The van der Waals surface area contributed by atoms with Crippen molar-refractivity contribution in [3.63, 3.8) is 0 Å². The molecule has 0 aliphatic heterocycles. The number of ether oxygens (including phenoxy) is 1. The summed E-state index contributed by atoms with van der Waals surface area (Å²) in [4.78, 5) is 12.3. The first-order valence-electron chi connectivity index (χ1n) is 5.11. The van der Waals surface area contributed by atoms with E-state index in [0.29, 0.717) is 11.4 Å². The Morgan fingerprint density at radius 3 is 2.71 bits per heavy atom. The quantitative estimate of drug-likeness (QED) is 0.901. The molecule has 1 aromatic heterocycles. The van der Waals surface area contributed by atoms with Crippen LogP contribution in [0.15, 0.2) is 36.5 Å². The third kappa shape index (κ3) is 3.04. The summed E-state index contributed by atoms with van der Waals surface area (Å²) in [6.07, 6.45) is 1.62. The van der Waals surface area contributed by atoms with Crippen molar-refractivity contribution in [1.82, 2.24) is 9.69 Å². The van der Waals surface area contributed by atoms with E-state index in [-0.39, 0.29) is 5.91 Å². The molecule has 1 heterocycles. The number of nitrogens with zero attached hydrogens (tertiary/aromatic N) is 1. The average Bonchev–Trinajstić information content (AvgIpc) is 2.90. The molecule has 5 heteroatoms. The Balaban J connectivity index is 1.91. The number of carbonyl (C=O) groups is 1. The first kappa shape index (κ1) is 11.6. The van der Waals surface area contributed by atoms with Crippen LogP contribution in [0.25, 0.3) is 0 Å². The predicted octanol–water partition coefficient (Wildman–Crippen LogP) is 2.08. The lowest BCUT2D eigenvalue weighted by Crippen LogP contribution is -2.21. The molecule has 0 saturated carbocycles. The second-order valence-corrected chi connectivity index (χ2v) is 4.24. The Morgan fingerprint density at radius 2 is 2.12 bits per heavy atom. The Morgan fingerprint density at radius 1 is 1.35 bits per heavy atom. The number of rotatable bonds is 4. The summed E-state index contributed by atoms with van der Waals surface area (Å²) in [5.41, 5.74) is 1.03. The minimum absolute atomic E-state index is 0.0941. The van der Waals surface area contributed by atoms with Gasteiger partial charge < -0.3 is 10.1 Å². The molecule has 1 amide bonds. The van der Waals surface area contributed by atoms with Crippen molar-refractivity contribution in [3.05, 3.63) is 47.0 Å². The van der Waals surface area contributed by atoms with Crippen LogP contribution < -0.4 is 10.1 Å². The molecule has 0 fully saturated rings. The third-order valence-corrected chi connectivity index (χ3v) is 3.02. The summed E-state index contributed by atoms with van der Waals surface area (Å²) in [6, 6.07) is 9.29. The van der Waals surface area contributed by atoms with Crippen molar-refractivity contribution in [1.29, 1.82) is 0 Å². The third-order valence-electron chi connectivity index (χ3n) is 2.27. The van der Waals surface area contributed by atoms with Gasteiger partial charge in [0.1, 0.15) is 10.6 Å². The van der Waals surface area contributed by atoms with Crippen molar-refractivity contribution in [2.75, 3.05) is 7.11 Å². The van der Waals surface area contributed by atoms with Gasteiger partial charge >= 0.3 is 0 Å². The minimum atomic E-state index is -0.0941. The van der Waals surface area contributed by atoms with Gasteiger partial charge in [-0.15, -0.1) is 0 Å². The van der Waals surface area contributed by atoms with Crippen LogP contribution in [0.1, 0.15) is 15.2 Å². The fourth-order valence-electron chi connectivity index (χ4n) is 1.35. The van der Waals surface area contributed by atoms with Gasteiger partial charge in [-0.3, -0.25) is 4.79 Å². The number of hydrogen-bond donors (Lipinski definition) is 1. The second kappa shape index (κ2) is 5.45. The Hall–Kier alpha value is -1.88. The van der Waals surface area contributed by atoms with Crippen LogP contribution in [-0.2, 0) is 6.54 Å². The molecule has 0 aliphatic rings. The Bertz CT molecular complexity index is 480. The first-order valence-corrected chi connectivity index (χ1v) is 5.89. The zero-order valence-corrected chi connectivity index (χ0v) is 10.2. The maximum Gasteiger partial charge on any atom is 0.263 e. The van der Waals surface area contributed by atoms with Gasteiger partial charge in [0.05, 0.1) is 7.11 Å². The number of benzene rings is 1. The molecule has 0 saturated heterocycles. The van der Waals surface area contributed by atoms with Gasteiger partial charge in [-0.2, -0.15) is 0 Å². The summed E-state index contributed by atoms with van der Waals surface area (Å²) in [5, 5.41) is 2.83. The van der Waals surface area contributed by atoms with Gasteiger partial charge in [-0.05, 0) is 35.3 Å². The van der Waals surface area contributed by atoms with Gasteiger partial charge in [0.25, 0.3) is 5.91 Å². The van der Waals surface area contributed by atoms with Crippen LogP contribution in [0.4, 0.5) is 0 Å². The normalized spacial score (nSPS) is 9.94. The highest BCUT2D eigenvalue weighted by Crippen LogP contribution is 2.11. The van der Waals surface area contributed by atoms with E-state index in [1.54, 1.807) is 19.4 Å². The number of nitrogens with one attached hydrogen (secondary N) is 1. The second-order valence-electron chi connectivity index (χ2n) is 3.41. The van der Waals surface area contributed by atoms with Gasteiger partial charge in [-0.25, -0.2) is 4.37 Å². The minimum Gasteiger partial charge on any atom is -0.497 e. The predicted molar refractivity (Wildman–Crippen MR) is 66.3 cm³/mol. The van der Waals surface area contributed by atoms with Crippen LogP contribution in [0, 0.1) is 0 Å². The van der Waals surface area contributed by atoms with Crippen molar-refractivity contribution in [3.8, 4) is 5.75 Å². The zero-order chi connectivity index (χ0) is 12.1. The average molecular weight is 248 g/mol. The molecule has 88 valence electrons. The number of aromatic nitrogens is 1. The van der Waals surface area contributed by atoms with Gasteiger partial charge in [0.2, 0.25) is 0 Å². The first-order chi connectivity index (χ1) is 8.29. The van der Waals surface area contributed by atoms with Gasteiger partial charge in [0, 0.05) is 12.7 Å². The van der Waals surface area contributed by atoms with Crippen molar-refractivity contribution >= 4 is 17.4 Å².